The molecule has 0 bridgehead atoms. The molecule has 0 aromatic heterocycles. The van der Waals surface area contributed by atoms with E-state index < -0.39 is 11.9 Å². The number of carboxylic acids is 1. The summed E-state index contributed by atoms with van der Waals surface area (Å²) < 4.78 is 0. The van der Waals surface area contributed by atoms with E-state index in [0.717, 1.165) is 11.5 Å². The smallest absolute Gasteiger partial charge is 0.310 e. The van der Waals surface area contributed by atoms with Crippen molar-refractivity contribution in [2.75, 3.05) is 0 Å². The largest absolute Gasteiger partial charge is 0.481 e. The number of hydrogen-bond donors (Lipinski definition) is 1. The minimum absolute atomic E-state index is 0.402. The summed E-state index contributed by atoms with van der Waals surface area (Å²) in [6.45, 7) is 1.72. The topological polar surface area (TPSA) is 37.3 Å². The zero-order valence-electron chi connectivity index (χ0n) is 8.94. The molecule has 2 nitrogen and oxygen atoms in total. The second-order valence-corrected chi connectivity index (χ2v) is 4.35. The van der Waals surface area contributed by atoms with Gasteiger partial charge in [0.05, 0.1) is 5.92 Å². The van der Waals surface area contributed by atoms with Gasteiger partial charge in [-0.1, -0.05) is 30.7 Å². The fourth-order valence-corrected chi connectivity index (χ4v) is 1.94. The molecule has 0 amide bonds. The first-order valence-electron chi connectivity index (χ1n) is 5.51. The van der Waals surface area contributed by atoms with Crippen LogP contribution in [0.2, 0.25) is 0 Å². The minimum Gasteiger partial charge on any atom is -0.481 e. The van der Waals surface area contributed by atoms with E-state index in [1.165, 1.54) is 24.8 Å². The maximum atomic E-state index is 10.8. The predicted octanol–water partition coefficient (Wildman–Crippen LogP) is 3.14. The summed E-state index contributed by atoms with van der Waals surface area (Å²) in [5.74, 6) is -0.439. The van der Waals surface area contributed by atoms with Gasteiger partial charge in [0.15, 0.2) is 0 Å². The first-order chi connectivity index (χ1) is 7.18. The molecule has 1 fully saturated rings. The second kappa shape index (κ2) is 4.05. The Morgan fingerprint density at radius 2 is 1.93 bits per heavy atom. The molecule has 0 heterocycles. The molecule has 2 rings (SSSR count). The number of aliphatic carboxylic acids is 1. The first kappa shape index (κ1) is 10.2. The number of carbonyl (C=O) groups is 1. The minimum atomic E-state index is -0.758. The molecule has 0 aliphatic heterocycles. The Kier molecular flexibility index (Phi) is 2.76. The van der Waals surface area contributed by atoms with Crippen LogP contribution in [0.15, 0.2) is 24.3 Å². The third-order valence-corrected chi connectivity index (χ3v) is 3.38. The van der Waals surface area contributed by atoms with E-state index in [-0.39, 0.29) is 0 Å². The van der Waals surface area contributed by atoms with Crippen molar-refractivity contribution in [3.05, 3.63) is 35.4 Å². The highest BCUT2D eigenvalue weighted by Crippen LogP contribution is 2.36. The normalized spacial score (nSPS) is 18.2. The van der Waals surface area contributed by atoms with Crippen molar-refractivity contribution in [1.82, 2.24) is 0 Å². The second-order valence-electron chi connectivity index (χ2n) is 4.35. The summed E-state index contributed by atoms with van der Waals surface area (Å²) in [5, 5.41) is 8.87. The maximum absolute atomic E-state index is 10.8. The standard InChI is InChI=1S/C13H16O2/c1-9(13(14)15)10-5-7-12(8-6-10)11-3-2-4-11/h5-9,11H,2-4H2,1H3,(H,14,15)/t9-/m0/s1. The summed E-state index contributed by atoms with van der Waals surface area (Å²) in [6, 6.07) is 8.07. The van der Waals surface area contributed by atoms with Crippen LogP contribution in [0.1, 0.15) is 49.1 Å². The Morgan fingerprint density at radius 3 is 2.33 bits per heavy atom. The average Bonchev–Trinajstić information content (AvgIpc) is 2.15. The monoisotopic (exact) mass is 204 g/mol. The van der Waals surface area contributed by atoms with Crippen molar-refractivity contribution < 1.29 is 9.90 Å². The summed E-state index contributed by atoms with van der Waals surface area (Å²) in [6.07, 6.45) is 3.90. The lowest BCUT2D eigenvalue weighted by atomic mass is 9.79. The van der Waals surface area contributed by atoms with E-state index >= 15 is 0 Å². The van der Waals surface area contributed by atoms with Gasteiger partial charge in [0.1, 0.15) is 0 Å². The van der Waals surface area contributed by atoms with Crippen LogP contribution in [0.4, 0.5) is 0 Å². The lowest BCUT2D eigenvalue weighted by Gasteiger charge is -2.26. The van der Waals surface area contributed by atoms with E-state index in [0.29, 0.717) is 0 Å². The number of carboxylic acid groups (broad SMARTS) is 1. The molecule has 1 aliphatic rings. The molecule has 1 atom stereocenters. The van der Waals surface area contributed by atoms with Gasteiger partial charge in [-0.15, -0.1) is 0 Å². The van der Waals surface area contributed by atoms with Crippen LogP contribution in [0.25, 0.3) is 0 Å². The molecule has 1 aromatic carbocycles. The lowest BCUT2D eigenvalue weighted by molar-refractivity contribution is -0.138. The van der Waals surface area contributed by atoms with Crippen LogP contribution in [0, 0.1) is 0 Å². The number of rotatable bonds is 3. The molecule has 0 spiro atoms. The van der Waals surface area contributed by atoms with Gasteiger partial charge < -0.3 is 5.11 Å². The summed E-state index contributed by atoms with van der Waals surface area (Å²) in [7, 11) is 0. The maximum Gasteiger partial charge on any atom is 0.310 e. The molecule has 0 saturated heterocycles. The summed E-state index contributed by atoms with van der Waals surface area (Å²) in [5.41, 5.74) is 2.26. The zero-order chi connectivity index (χ0) is 10.8. The fraction of sp³-hybridized carbons (Fsp3) is 0.462. The Labute approximate surface area is 89.9 Å². The summed E-state index contributed by atoms with van der Waals surface area (Å²) >= 11 is 0. The highest BCUT2D eigenvalue weighted by atomic mass is 16.4. The van der Waals surface area contributed by atoms with Crippen molar-refractivity contribution in [1.29, 1.82) is 0 Å². The highest BCUT2D eigenvalue weighted by Gasteiger charge is 2.20. The first-order valence-corrected chi connectivity index (χ1v) is 5.51. The van der Waals surface area contributed by atoms with Crippen molar-refractivity contribution in [2.24, 2.45) is 0 Å². The average molecular weight is 204 g/mol. The van der Waals surface area contributed by atoms with Gasteiger partial charge in [0.2, 0.25) is 0 Å². The van der Waals surface area contributed by atoms with Crippen LogP contribution in [-0.4, -0.2) is 11.1 Å². The lowest BCUT2D eigenvalue weighted by Crippen LogP contribution is -2.10. The van der Waals surface area contributed by atoms with Gasteiger partial charge in [-0.3, -0.25) is 4.79 Å². The van der Waals surface area contributed by atoms with Gasteiger partial charge in [0, 0.05) is 0 Å². The zero-order valence-corrected chi connectivity index (χ0v) is 8.94. The van der Waals surface area contributed by atoms with Gasteiger partial charge >= 0.3 is 5.97 Å². The van der Waals surface area contributed by atoms with Crippen LogP contribution in [0.5, 0.6) is 0 Å². The van der Waals surface area contributed by atoms with Gasteiger partial charge in [0.25, 0.3) is 0 Å². The molecule has 2 heteroatoms. The molecule has 80 valence electrons. The highest BCUT2D eigenvalue weighted by molar-refractivity contribution is 5.75. The van der Waals surface area contributed by atoms with Gasteiger partial charge in [-0.05, 0) is 36.8 Å². The molecule has 1 saturated carbocycles. The third kappa shape index (κ3) is 2.04. The Hall–Kier alpha value is -1.31. The van der Waals surface area contributed by atoms with Crippen LogP contribution < -0.4 is 0 Å². The number of hydrogen-bond acceptors (Lipinski definition) is 1. The van der Waals surface area contributed by atoms with Crippen LogP contribution >= 0.6 is 0 Å². The molecule has 1 aliphatic carbocycles. The van der Waals surface area contributed by atoms with E-state index in [1.54, 1.807) is 6.92 Å². The van der Waals surface area contributed by atoms with Crippen molar-refractivity contribution in [2.45, 2.75) is 38.0 Å². The molecule has 0 radical (unpaired) electrons. The van der Waals surface area contributed by atoms with Crippen LogP contribution in [0.3, 0.4) is 0 Å². The molecule has 1 aromatic rings. The quantitative estimate of drug-likeness (QED) is 0.821. The Balaban J connectivity index is 2.12. The van der Waals surface area contributed by atoms with E-state index in [4.69, 9.17) is 5.11 Å². The predicted molar refractivity (Wildman–Crippen MR) is 59.1 cm³/mol. The van der Waals surface area contributed by atoms with Crippen molar-refractivity contribution in [3.63, 3.8) is 0 Å². The van der Waals surface area contributed by atoms with Crippen molar-refractivity contribution in [3.8, 4) is 0 Å². The van der Waals surface area contributed by atoms with Crippen LogP contribution in [-0.2, 0) is 4.79 Å². The van der Waals surface area contributed by atoms with Gasteiger partial charge in [-0.25, -0.2) is 0 Å². The molecular weight excluding hydrogens is 188 g/mol. The molecule has 1 N–H and O–H groups in total. The van der Waals surface area contributed by atoms with Crippen molar-refractivity contribution >= 4 is 5.97 Å². The molecule has 15 heavy (non-hydrogen) atoms. The van der Waals surface area contributed by atoms with Gasteiger partial charge in [-0.2, -0.15) is 0 Å². The van der Waals surface area contributed by atoms with E-state index in [2.05, 4.69) is 12.1 Å². The van der Waals surface area contributed by atoms with E-state index in [9.17, 15) is 4.79 Å². The number of benzene rings is 1. The molecule has 0 unspecified atom stereocenters. The Morgan fingerprint density at radius 1 is 1.33 bits per heavy atom. The fourth-order valence-electron chi connectivity index (χ4n) is 1.94. The molecular formula is C13H16O2. The third-order valence-electron chi connectivity index (χ3n) is 3.38. The Bertz CT molecular complexity index is 349. The SMILES string of the molecule is C[C@H](C(=O)O)c1ccc(C2CCC2)cc1. The van der Waals surface area contributed by atoms with E-state index in [1.807, 2.05) is 12.1 Å². The summed E-state index contributed by atoms with van der Waals surface area (Å²) in [4.78, 5) is 10.8.